The summed E-state index contributed by atoms with van der Waals surface area (Å²) in [5, 5.41) is 19.1. The molecule has 13 heavy (non-hydrogen) atoms. The first-order valence-electron chi connectivity index (χ1n) is 5.24. The molecule has 0 heterocycles. The van der Waals surface area contributed by atoms with Crippen molar-refractivity contribution in [1.82, 2.24) is 0 Å². The van der Waals surface area contributed by atoms with Gasteiger partial charge in [0.1, 0.15) is 0 Å². The molecule has 1 unspecified atom stereocenters. The van der Waals surface area contributed by atoms with E-state index < -0.39 is 5.60 Å². The van der Waals surface area contributed by atoms with E-state index in [0.29, 0.717) is 0 Å². The first kappa shape index (κ1) is 10.5. The summed E-state index contributed by atoms with van der Waals surface area (Å²) in [5.41, 5.74) is -0.685. The van der Waals surface area contributed by atoms with Crippen LogP contribution in [0.1, 0.15) is 46.0 Å². The van der Waals surface area contributed by atoms with Crippen molar-refractivity contribution in [3.05, 3.63) is 0 Å². The van der Waals surface area contributed by atoms with Gasteiger partial charge in [0.2, 0.25) is 0 Å². The fraction of sp³-hybridized carbons (Fsp3) is 0.909. The Labute approximate surface area is 80.6 Å². The lowest BCUT2D eigenvalue weighted by atomic mass is 9.72. The highest BCUT2D eigenvalue weighted by atomic mass is 16.3. The van der Waals surface area contributed by atoms with E-state index in [1.54, 1.807) is 0 Å². The van der Waals surface area contributed by atoms with Crippen molar-refractivity contribution in [2.75, 3.05) is 0 Å². The van der Waals surface area contributed by atoms with Crippen LogP contribution in [0, 0.1) is 23.2 Å². The largest absolute Gasteiger partial charge is 0.389 e. The van der Waals surface area contributed by atoms with Crippen LogP contribution in [-0.4, -0.2) is 10.7 Å². The highest BCUT2D eigenvalue weighted by molar-refractivity contribution is 4.99. The first-order valence-corrected chi connectivity index (χ1v) is 5.24. The molecule has 0 spiro atoms. The maximum Gasteiger partial charge on any atom is 0.0805 e. The number of rotatable bonds is 2. The van der Waals surface area contributed by atoms with Gasteiger partial charge >= 0.3 is 0 Å². The van der Waals surface area contributed by atoms with Gasteiger partial charge < -0.3 is 5.11 Å². The maximum absolute atomic E-state index is 10.2. The summed E-state index contributed by atoms with van der Waals surface area (Å²) in [5.74, 6) is 0.552. The molecule has 74 valence electrons. The summed E-state index contributed by atoms with van der Waals surface area (Å²) in [6.45, 7) is 4.19. The molecular weight excluding hydrogens is 162 g/mol. The van der Waals surface area contributed by atoms with E-state index in [1.165, 1.54) is 0 Å². The standard InChI is InChI=1S/C11H19NO/c1-3-10(8-12)11(13)6-4-9(2)5-7-11/h9-10,13H,3-7H2,1-2H3. The molecule has 1 fully saturated rings. The zero-order chi connectivity index (χ0) is 9.90. The third-order valence-electron chi connectivity index (χ3n) is 3.35. The molecule has 0 aromatic heterocycles. The van der Waals surface area contributed by atoms with E-state index in [9.17, 15) is 5.11 Å². The van der Waals surface area contributed by atoms with Gasteiger partial charge in [-0.1, -0.05) is 13.8 Å². The van der Waals surface area contributed by atoms with Crippen LogP contribution < -0.4 is 0 Å². The predicted molar refractivity (Wildman–Crippen MR) is 52.0 cm³/mol. The number of hydrogen-bond acceptors (Lipinski definition) is 2. The molecule has 0 bridgehead atoms. The summed E-state index contributed by atoms with van der Waals surface area (Å²) in [6.07, 6.45) is 4.51. The quantitative estimate of drug-likeness (QED) is 0.711. The smallest absolute Gasteiger partial charge is 0.0805 e. The van der Waals surface area contributed by atoms with Gasteiger partial charge in [0, 0.05) is 0 Å². The Kier molecular flexibility index (Phi) is 3.33. The highest BCUT2D eigenvalue weighted by Gasteiger charge is 2.38. The molecule has 1 saturated carbocycles. The second kappa shape index (κ2) is 4.11. The molecule has 2 heteroatoms. The molecule has 1 rings (SSSR count). The van der Waals surface area contributed by atoms with Gasteiger partial charge in [-0.15, -0.1) is 0 Å². The lowest BCUT2D eigenvalue weighted by molar-refractivity contribution is -0.0409. The Bertz CT molecular complexity index is 199. The van der Waals surface area contributed by atoms with Crippen LogP contribution in [0.2, 0.25) is 0 Å². The average molecular weight is 181 g/mol. The van der Waals surface area contributed by atoms with Crippen molar-refractivity contribution < 1.29 is 5.11 Å². The molecule has 0 aromatic carbocycles. The predicted octanol–water partition coefficient (Wildman–Crippen LogP) is 2.48. The van der Waals surface area contributed by atoms with Crippen LogP contribution in [-0.2, 0) is 0 Å². The van der Waals surface area contributed by atoms with Gasteiger partial charge in [-0.2, -0.15) is 5.26 Å². The lowest BCUT2D eigenvalue weighted by Crippen LogP contribution is -2.40. The van der Waals surface area contributed by atoms with Crippen LogP contribution in [0.3, 0.4) is 0 Å². The minimum atomic E-state index is -0.685. The molecule has 1 N–H and O–H groups in total. The Morgan fingerprint density at radius 1 is 1.54 bits per heavy atom. The van der Waals surface area contributed by atoms with Crippen LogP contribution >= 0.6 is 0 Å². The number of aliphatic hydroxyl groups is 1. The molecule has 0 radical (unpaired) electrons. The van der Waals surface area contributed by atoms with Crippen LogP contribution in [0.15, 0.2) is 0 Å². The number of nitrogens with zero attached hydrogens (tertiary/aromatic N) is 1. The third-order valence-corrected chi connectivity index (χ3v) is 3.35. The molecule has 1 atom stereocenters. The summed E-state index contributed by atoms with van der Waals surface area (Å²) in [4.78, 5) is 0. The minimum absolute atomic E-state index is 0.167. The lowest BCUT2D eigenvalue weighted by Gasteiger charge is -2.37. The normalized spacial score (nSPS) is 36.6. The molecule has 1 aliphatic carbocycles. The second-order valence-corrected chi connectivity index (χ2v) is 4.38. The van der Waals surface area contributed by atoms with Crippen LogP contribution in [0.4, 0.5) is 0 Å². The van der Waals surface area contributed by atoms with Gasteiger partial charge in [0.25, 0.3) is 0 Å². The summed E-state index contributed by atoms with van der Waals surface area (Å²) < 4.78 is 0. The average Bonchev–Trinajstić information content (AvgIpc) is 2.13. The third kappa shape index (κ3) is 2.22. The van der Waals surface area contributed by atoms with E-state index in [1.807, 2.05) is 6.92 Å². The SMILES string of the molecule is CCC(C#N)C1(O)CCC(C)CC1. The summed E-state index contributed by atoms with van der Waals surface area (Å²) in [6, 6.07) is 2.23. The number of nitriles is 1. The van der Waals surface area contributed by atoms with E-state index in [2.05, 4.69) is 13.0 Å². The van der Waals surface area contributed by atoms with Gasteiger partial charge in [0.05, 0.1) is 17.6 Å². The van der Waals surface area contributed by atoms with Gasteiger partial charge in [-0.25, -0.2) is 0 Å². The van der Waals surface area contributed by atoms with Gasteiger partial charge in [-0.3, -0.25) is 0 Å². The van der Waals surface area contributed by atoms with Gasteiger partial charge in [0.15, 0.2) is 0 Å². The first-order chi connectivity index (χ1) is 6.12. The molecule has 2 nitrogen and oxygen atoms in total. The van der Waals surface area contributed by atoms with E-state index in [0.717, 1.165) is 38.0 Å². The van der Waals surface area contributed by atoms with E-state index in [4.69, 9.17) is 5.26 Å². The van der Waals surface area contributed by atoms with Crippen molar-refractivity contribution >= 4 is 0 Å². The molecular formula is C11H19NO. The fourth-order valence-electron chi connectivity index (χ4n) is 2.20. The summed E-state index contributed by atoms with van der Waals surface area (Å²) in [7, 11) is 0. The second-order valence-electron chi connectivity index (χ2n) is 4.38. The summed E-state index contributed by atoms with van der Waals surface area (Å²) >= 11 is 0. The molecule has 0 amide bonds. The Hall–Kier alpha value is -0.550. The van der Waals surface area contributed by atoms with Crippen LogP contribution in [0.25, 0.3) is 0 Å². The van der Waals surface area contributed by atoms with Crippen molar-refractivity contribution in [3.63, 3.8) is 0 Å². The monoisotopic (exact) mass is 181 g/mol. The maximum atomic E-state index is 10.2. The van der Waals surface area contributed by atoms with Gasteiger partial charge in [-0.05, 0) is 38.0 Å². The molecule has 0 saturated heterocycles. The zero-order valence-corrected chi connectivity index (χ0v) is 8.58. The molecule has 1 aliphatic rings. The highest BCUT2D eigenvalue weighted by Crippen LogP contribution is 2.37. The van der Waals surface area contributed by atoms with Crippen molar-refractivity contribution in [2.24, 2.45) is 11.8 Å². The topological polar surface area (TPSA) is 44.0 Å². The molecule has 0 aliphatic heterocycles. The van der Waals surface area contributed by atoms with E-state index in [-0.39, 0.29) is 5.92 Å². The Balaban J connectivity index is 2.61. The van der Waals surface area contributed by atoms with Crippen molar-refractivity contribution in [1.29, 1.82) is 5.26 Å². The van der Waals surface area contributed by atoms with E-state index >= 15 is 0 Å². The minimum Gasteiger partial charge on any atom is -0.389 e. The fourth-order valence-corrected chi connectivity index (χ4v) is 2.20. The Morgan fingerprint density at radius 3 is 2.46 bits per heavy atom. The van der Waals surface area contributed by atoms with Crippen molar-refractivity contribution in [3.8, 4) is 6.07 Å². The zero-order valence-electron chi connectivity index (χ0n) is 8.58. The number of hydrogen-bond donors (Lipinski definition) is 1. The van der Waals surface area contributed by atoms with Crippen LogP contribution in [0.5, 0.6) is 0 Å². The molecule has 0 aromatic rings. The Morgan fingerprint density at radius 2 is 2.08 bits per heavy atom. The van der Waals surface area contributed by atoms with Crippen molar-refractivity contribution in [2.45, 2.75) is 51.6 Å².